The second-order valence-corrected chi connectivity index (χ2v) is 3.06. The Morgan fingerprint density at radius 2 is 2.14 bits per heavy atom. The highest BCUT2D eigenvalue weighted by Crippen LogP contribution is 2.23. The number of benzene rings is 1. The third-order valence-corrected chi connectivity index (χ3v) is 2.03. The Balaban J connectivity index is 2.83. The van der Waals surface area contributed by atoms with Gasteiger partial charge in [0, 0.05) is 19.1 Å². The summed E-state index contributed by atoms with van der Waals surface area (Å²) in [7, 11) is 1.58. The smallest absolute Gasteiger partial charge is 0.124 e. The van der Waals surface area contributed by atoms with E-state index in [1.807, 2.05) is 18.2 Å². The van der Waals surface area contributed by atoms with Crippen molar-refractivity contribution in [3.8, 4) is 5.75 Å². The first-order valence-electron chi connectivity index (χ1n) is 4.52. The highest BCUT2D eigenvalue weighted by molar-refractivity contribution is 5.51. The van der Waals surface area contributed by atoms with Gasteiger partial charge in [-0.2, -0.15) is 0 Å². The summed E-state index contributed by atoms with van der Waals surface area (Å²) in [5, 5.41) is 9.75. The molecule has 0 atom stereocenters. The number of aryl methyl sites for hydroxylation is 1. The van der Waals surface area contributed by atoms with E-state index in [1.165, 1.54) is 0 Å². The second-order valence-electron chi connectivity index (χ2n) is 3.06. The molecule has 3 heteroatoms. The van der Waals surface area contributed by atoms with Crippen molar-refractivity contribution in [3.05, 3.63) is 29.3 Å². The van der Waals surface area contributed by atoms with Gasteiger partial charge in [0.2, 0.25) is 0 Å². The molecule has 0 bridgehead atoms. The van der Waals surface area contributed by atoms with Gasteiger partial charge in [0.05, 0.1) is 6.61 Å². The molecule has 0 fully saturated rings. The molecule has 1 aromatic rings. The number of carbonyl (C=O) groups is 1. The third kappa shape index (κ3) is 2.57. The number of hydrogen-bond donors (Lipinski definition) is 1. The van der Waals surface area contributed by atoms with Gasteiger partial charge in [-0.25, -0.2) is 0 Å². The maximum Gasteiger partial charge on any atom is 0.124 e. The Hall–Kier alpha value is -1.35. The van der Waals surface area contributed by atoms with Crippen LogP contribution in [0.1, 0.15) is 17.5 Å². The molecule has 3 nitrogen and oxygen atoms in total. The number of rotatable bonds is 5. The predicted octanol–water partition coefficient (Wildman–Crippen LogP) is 1.67. The van der Waals surface area contributed by atoms with E-state index in [9.17, 15) is 9.90 Å². The Kier molecular flexibility index (Phi) is 4.13. The molecule has 76 valence electrons. The first-order valence-corrected chi connectivity index (χ1v) is 4.52. The Morgan fingerprint density at radius 3 is 2.79 bits per heavy atom. The first kappa shape index (κ1) is 10.7. The molecule has 1 N–H and O–H groups in total. The van der Waals surface area contributed by atoms with Crippen LogP contribution in [0.4, 0.5) is 0 Å². The molecule has 0 spiro atoms. The van der Waals surface area contributed by atoms with Crippen LogP contribution in [-0.4, -0.2) is 18.5 Å². The fourth-order valence-corrected chi connectivity index (χ4v) is 1.33. The summed E-state index contributed by atoms with van der Waals surface area (Å²) < 4.78 is 4.94. The minimum atomic E-state index is 0.246. The van der Waals surface area contributed by atoms with Crippen molar-refractivity contribution >= 4 is 6.29 Å². The van der Waals surface area contributed by atoms with Crippen LogP contribution in [0.5, 0.6) is 5.75 Å². The largest absolute Gasteiger partial charge is 0.507 e. The first-order chi connectivity index (χ1) is 6.79. The lowest BCUT2D eigenvalue weighted by Gasteiger charge is -2.07. The lowest BCUT2D eigenvalue weighted by molar-refractivity contribution is -0.107. The lowest BCUT2D eigenvalue weighted by atomic mass is 10.1. The van der Waals surface area contributed by atoms with E-state index in [4.69, 9.17) is 4.74 Å². The minimum Gasteiger partial charge on any atom is -0.507 e. The number of phenolic OH excluding ortho intramolecular Hbond substituents is 1. The molecule has 0 unspecified atom stereocenters. The van der Waals surface area contributed by atoms with Crippen LogP contribution < -0.4 is 0 Å². The zero-order valence-corrected chi connectivity index (χ0v) is 8.19. The van der Waals surface area contributed by atoms with E-state index in [-0.39, 0.29) is 5.75 Å². The number of para-hydroxylation sites is 1. The van der Waals surface area contributed by atoms with Crippen molar-refractivity contribution in [3.63, 3.8) is 0 Å². The number of ether oxygens (including phenoxy) is 1. The molecular formula is C11H14O3. The van der Waals surface area contributed by atoms with Crippen LogP contribution in [0.25, 0.3) is 0 Å². The van der Waals surface area contributed by atoms with Crippen molar-refractivity contribution < 1.29 is 14.6 Å². The van der Waals surface area contributed by atoms with Gasteiger partial charge in [0.15, 0.2) is 0 Å². The molecular weight excluding hydrogens is 180 g/mol. The molecule has 0 aliphatic rings. The van der Waals surface area contributed by atoms with Crippen LogP contribution in [0.3, 0.4) is 0 Å². The maximum atomic E-state index is 10.2. The topological polar surface area (TPSA) is 46.5 Å². The summed E-state index contributed by atoms with van der Waals surface area (Å²) in [6.45, 7) is 0.390. The summed E-state index contributed by atoms with van der Waals surface area (Å²) in [6, 6.07) is 5.48. The molecule has 0 aliphatic carbocycles. The molecule has 0 saturated carbocycles. The average Bonchev–Trinajstić information content (AvgIpc) is 2.20. The van der Waals surface area contributed by atoms with Crippen molar-refractivity contribution in [2.75, 3.05) is 7.11 Å². The third-order valence-electron chi connectivity index (χ3n) is 2.03. The van der Waals surface area contributed by atoms with Gasteiger partial charge in [-0.15, -0.1) is 0 Å². The summed E-state index contributed by atoms with van der Waals surface area (Å²) in [4.78, 5) is 10.2. The van der Waals surface area contributed by atoms with Crippen molar-refractivity contribution in [2.45, 2.75) is 19.4 Å². The number of hydrogen-bond acceptors (Lipinski definition) is 3. The normalized spacial score (nSPS) is 10.1. The Morgan fingerprint density at radius 1 is 1.43 bits per heavy atom. The maximum absolute atomic E-state index is 10.2. The zero-order valence-electron chi connectivity index (χ0n) is 8.19. The molecule has 14 heavy (non-hydrogen) atoms. The molecule has 0 aliphatic heterocycles. The van der Waals surface area contributed by atoms with Crippen LogP contribution in [0.2, 0.25) is 0 Å². The van der Waals surface area contributed by atoms with Crippen LogP contribution in [-0.2, 0) is 22.6 Å². The van der Waals surface area contributed by atoms with Gasteiger partial charge in [-0.1, -0.05) is 18.2 Å². The molecule has 0 amide bonds. The quantitative estimate of drug-likeness (QED) is 0.725. The fourth-order valence-electron chi connectivity index (χ4n) is 1.33. The average molecular weight is 194 g/mol. The molecule has 0 saturated heterocycles. The van der Waals surface area contributed by atoms with E-state index in [2.05, 4.69) is 0 Å². The number of phenols is 1. The predicted molar refractivity (Wildman–Crippen MR) is 53.2 cm³/mol. The Labute approximate surface area is 83.3 Å². The van der Waals surface area contributed by atoms with Gasteiger partial charge in [-0.3, -0.25) is 0 Å². The monoisotopic (exact) mass is 194 g/mol. The van der Waals surface area contributed by atoms with Crippen LogP contribution in [0.15, 0.2) is 18.2 Å². The van der Waals surface area contributed by atoms with Crippen molar-refractivity contribution in [2.24, 2.45) is 0 Å². The van der Waals surface area contributed by atoms with Gasteiger partial charge in [0.1, 0.15) is 12.0 Å². The van der Waals surface area contributed by atoms with E-state index < -0.39 is 0 Å². The summed E-state index contributed by atoms with van der Waals surface area (Å²) >= 11 is 0. The van der Waals surface area contributed by atoms with Crippen molar-refractivity contribution in [1.82, 2.24) is 0 Å². The fraction of sp³-hybridized carbons (Fsp3) is 0.364. The summed E-state index contributed by atoms with van der Waals surface area (Å²) in [5.74, 6) is 0.246. The van der Waals surface area contributed by atoms with E-state index >= 15 is 0 Å². The Bertz CT molecular complexity index is 307. The van der Waals surface area contributed by atoms with Gasteiger partial charge >= 0.3 is 0 Å². The zero-order chi connectivity index (χ0) is 10.4. The molecule has 0 radical (unpaired) electrons. The minimum absolute atomic E-state index is 0.246. The van der Waals surface area contributed by atoms with E-state index in [0.717, 1.165) is 17.4 Å². The van der Waals surface area contributed by atoms with Crippen molar-refractivity contribution in [1.29, 1.82) is 0 Å². The highest BCUT2D eigenvalue weighted by atomic mass is 16.5. The lowest BCUT2D eigenvalue weighted by Crippen LogP contribution is -1.93. The molecule has 1 rings (SSSR count). The highest BCUT2D eigenvalue weighted by Gasteiger charge is 2.05. The van der Waals surface area contributed by atoms with Crippen LogP contribution in [0, 0.1) is 0 Å². The van der Waals surface area contributed by atoms with Crippen LogP contribution >= 0.6 is 0 Å². The standard InChI is InChI=1S/C11H14O3/c1-14-8-10-5-2-4-9(11(10)13)6-3-7-12/h2,4-5,7,13H,3,6,8H2,1H3. The van der Waals surface area contributed by atoms with E-state index in [0.29, 0.717) is 19.4 Å². The molecule has 1 aromatic carbocycles. The molecule has 0 aromatic heterocycles. The molecule has 0 heterocycles. The number of aromatic hydroxyl groups is 1. The van der Waals surface area contributed by atoms with Gasteiger partial charge < -0.3 is 14.6 Å². The SMILES string of the molecule is COCc1cccc(CCC=O)c1O. The second kappa shape index (κ2) is 5.40. The van der Waals surface area contributed by atoms with Gasteiger partial charge in [0.25, 0.3) is 0 Å². The summed E-state index contributed by atoms with van der Waals surface area (Å²) in [5.41, 5.74) is 1.56. The number of methoxy groups -OCH3 is 1. The van der Waals surface area contributed by atoms with E-state index in [1.54, 1.807) is 7.11 Å². The number of carbonyl (C=O) groups excluding carboxylic acids is 1. The van der Waals surface area contributed by atoms with Gasteiger partial charge in [-0.05, 0) is 12.0 Å². The summed E-state index contributed by atoms with van der Waals surface area (Å²) in [6.07, 6.45) is 1.86. The number of aldehydes is 1.